The molecule has 0 aliphatic rings. The molecule has 9 heteroatoms. The average Bonchev–Trinajstić information content (AvgIpc) is 3.39. The summed E-state index contributed by atoms with van der Waals surface area (Å²) in [5.74, 6) is -0.514. The van der Waals surface area contributed by atoms with Gasteiger partial charge >= 0.3 is 0 Å². The number of benzene rings is 2. The Morgan fingerprint density at radius 2 is 1.72 bits per heavy atom. The monoisotopic (exact) mass is 545 g/mol. The highest BCUT2D eigenvalue weighted by atomic mass is 79.9. The zero-order valence-corrected chi connectivity index (χ0v) is 21.1. The zero-order valence-electron chi connectivity index (χ0n) is 19.5. The zero-order chi connectivity index (χ0) is 25.5. The molecule has 0 spiro atoms. The Kier molecular flexibility index (Phi) is 7.92. The molecule has 0 aliphatic carbocycles. The van der Waals surface area contributed by atoms with Gasteiger partial charge in [0.2, 0.25) is 11.6 Å². The van der Waals surface area contributed by atoms with Gasteiger partial charge in [0.25, 0.3) is 0 Å². The fourth-order valence-corrected chi connectivity index (χ4v) is 3.87. The average molecular weight is 546 g/mol. The van der Waals surface area contributed by atoms with Gasteiger partial charge in [-0.05, 0) is 70.4 Å². The number of para-hydroxylation sites is 1. The molecule has 0 unspecified atom stereocenters. The molecule has 0 radical (unpaired) electrons. The number of rotatable bonds is 5. The van der Waals surface area contributed by atoms with Gasteiger partial charge in [-0.3, -0.25) is 4.79 Å². The number of nitrogens with zero attached hydrogens (tertiary/aromatic N) is 5. The Bertz CT molecular complexity index is 1470. The molecule has 7 nitrogen and oxygen atoms in total. The number of ether oxygens (including phenoxy) is 1. The molecule has 3 aromatic heterocycles. The van der Waals surface area contributed by atoms with E-state index >= 15 is 0 Å². The summed E-state index contributed by atoms with van der Waals surface area (Å²) in [6.07, 6.45) is 7.94. The van der Waals surface area contributed by atoms with Crippen LogP contribution in [0.1, 0.15) is 21.9 Å². The van der Waals surface area contributed by atoms with Gasteiger partial charge in [0.05, 0.1) is 7.11 Å². The lowest BCUT2D eigenvalue weighted by molar-refractivity contribution is 0.102. The van der Waals surface area contributed by atoms with Gasteiger partial charge in [-0.15, -0.1) is 0 Å². The molecule has 0 fully saturated rings. The minimum Gasteiger partial charge on any atom is -0.493 e. The maximum absolute atomic E-state index is 14.0. The van der Waals surface area contributed by atoms with Crippen molar-refractivity contribution in [3.05, 3.63) is 119 Å². The van der Waals surface area contributed by atoms with Crippen molar-refractivity contribution in [2.24, 2.45) is 0 Å². The Balaban J connectivity index is 0.000000325. The Hall–Kier alpha value is -4.24. The maximum Gasteiger partial charge on any atom is 0.250 e. The molecule has 0 saturated heterocycles. The normalized spacial score (nSPS) is 10.3. The summed E-state index contributed by atoms with van der Waals surface area (Å²) in [5, 5.41) is 0. The number of hydrogen-bond donors (Lipinski definition) is 0. The van der Waals surface area contributed by atoms with Crippen LogP contribution in [0, 0.1) is 12.7 Å². The summed E-state index contributed by atoms with van der Waals surface area (Å²) in [6.45, 7) is 2.03. The molecular weight excluding hydrogens is 525 g/mol. The van der Waals surface area contributed by atoms with Crippen LogP contribution >= 0.6 is 15.9 Å². The third kappa shape index (κ3) is 5.87. The molecule has 2 aromatic carbocycles. The Labute approximate surface area is 215 Å². The summed E-state index contributed by atoms with van der Waals surface area (Å²) >= 11 is 3.25. The van der Waals surface area contributed by atoms with E-state index < -0.39 is 5.82 Å². The van der Waals surface area contributed by atoms with Crippen LogP contribution in [-0.2, 0) is 0 Å². The first-order chi connectivity index (χ1) is 17.5. The van der Waals surface area contributed by atoms with Gasteiger partial charge in [0.15, 0.2) is 11.6 Å². The van der Waals surface area contributed by atoms with Crippen LogP contribution in [0.3, 0.4) is 0 Å². The van der Waals surface area contributed by atoms with Crippen LogP contribution in [0.15, 0.2) is 96.4 Å². The summed E-state index contributed by atoms with van der Waals surface area (Å²) in [5.41, 5.74) is 3.65. The molecule has 0 saturated carbocycles. The van der Waals surface area contributed by atoms with E-state index in [4.69, 9.17) is 4.74 Å². The fraction of sp³-hybridized carbons (Fsp3) is 0.0741. The second kappa shape index (κ2) is 11.5. The number of carbonyl (C=O) groups is 1. The molecular formula is C27H21BrFN5O2. The van der Waals surface area contributed by atoms with Crippen LogP contribution in [0.2, 0.25) is 0 Å². The Morgan fingerprint density at radius 3 is 2.42 bits per heavy atom. The largest absolute Gasteiger partial charge is 0.493 e. The van der Waals surface area contributed by atoms with Crippen molar-refractivity contribution in [1.29, 1.82) is 0 Å². The van der Waals surface area contributed by atoms with Crippen molar-refractivity contribution in [3.8, 4) is 22.6 Å². The standard InChI is InChI=1S/C21H15FN4O2.C6H6BrN/c1-28-20-16(7-3-8-17(20)22)14-5-2-6-15(11-14)26-12-18(25-13-26)19(27)21-23-9-4-10-24-21;1-5-2-3-8-6(7)4-5/h2-13H,1H3;2-4H,1H3. The molecule has 0 aliphatic heterocycles. The molecule has 5 rings (SSSR count). The van der Waals surface area contributed by atoms with E-state index in [2.05, 4.69) is 35.9 Å². The van der Waals surface area contributed by atoms with Gasteiger partial charge < -0.3 is 9.30 Å². The molecule has 0 bridgehead atoms. The SMILES string of the molecule is COc1c(F)cccc1-c1cccc(-n2cnc(C(=O)c3ncccn3)c2)c1.Cc1ccnc(Br)c1. The number of halogens is 2. The van der Waals surface area contributed by atoms with Crippen molar-refractivity contribution in [3.63, 3.8) is 0 Å². The highest BCUT2D eigenvalue weighted by molar-refractivity contribution is 9.10. The van der Waals surface area contributed by atoms with Crippen LogP contribution in [0.5, 0.6) is 5.75 Å². The third-order valence-corrected chi connectivity index (χ3v) is 5.53. The van der Waals surface area contributed by atoms with Crippen molar-refractivity contribution >= 4 is 21.7 Å². The highest BCUT2D eigenvalue weighted by Crippen LogP contribution is 2.33. The van der Waals surface area contributed by atoms with Crippen molar-refractivity contribution in [2.75, 3.05) is 7.11 Å². The predicted octanol–water partition coefficient (Wildman–Crippen LogP) is 5.86. The van der Waals surface area contributed by atoms with E-state index in [1.54, 1.807) is 35.2 Å². The summed E-state index contributed by atoms with van der Waals surface area (Å²) in [4.78, 5) is 28.5. The van der Waals surface area contributed by atoms with E-state index in [-0.39, 0.29) is 23.1 Å². The van der Waals surface area contributed by atoms with Gasteiger partial charge in [0, 0.05) is 36.0 Å². The molecule has 180 valence electrons. The number of imidazole rings is 1. The number of hydrogen-bond acceptors (Lipinski definition) is 6. The van der Waals surface area contributed by atoms with E-state index in [1.807, 2.05) is 43.3 Å². The molecule has 5 aromatic rings. The maximum atomic E-state index is 14.0. The van der Waals surface area contributed by atoms with E-state index in [1.165, 1.54) is 37.5 Å². The molecule has 3 heterocycles. The fourth-order valence-electron chi connectivity index (χ4n) is 3.39. The molecule has 36 heavy (non-hydrogen) atoms. The lowest BCUT2D eigenvalue weighted by Crippen LogP contribution is -2.06. The number of aromatic nitrogens is 5. The van der Waals surface area contributed by atoms with Gasteiger partial charge in [-0.1, -0.05) is 24.3 Å². The van der Waals surface area contributed by atoms with Gasteiger partial charge in [-0.2, -0.15) is 0 Å². The first-order valence-electron chi connectivity index (χ1n) is 10.8. The predicted molar refractivity (Wildman–Crippen MR) is 138 cm³/mol. The highest BCUT2D eigenvalue weighted by Gasteiger charge is 2.16. The lowest BCUT2D eigenvalue weighted by Gasteiger charge is -2.11. The van der Waals surface area contributed by atoms with Crippen molar-refractivity contribution in [1.82, 2.24) is 24.5 Å². The number of aryl methyl sites for hydroxylation is 1. The first kappa shape index (κ1) is 24.9. The molecule has 0 amide bonds. The Morgan fingerprint density at radius 1 is 0.944 bits per heavy atom. The first-order valence-corrected chi connectivity index (χ1v) is 11.6. The topological polar surface area (TPSA) is 82.8 Å². The number of methoxy groups -OCH3 is 1. The minimum absolute atomic E-state index is 0.0889. The van der Waals surface area contributed by atoms with E-state index in [9.17, 15) is 9.18 Å². The minimum atomic E-state index is -0.427. The van der Waals surface area contributed by atoms with Gasteiger partial charge in [-0.25, -0.2) is 24.3 Å². The van der Waals surface area contributed by atoms with Crippen molar-refractivity contribution < 1.29 is 13.9 Å². The smallest absolute Gasteiger partial charge is 0.250 e. The summed E-state index contributed by atoms with van der Waals surface area (Å²) in [7, 11) is 1.44. The second-order valence-corrected chi connectivity index (χ2v) is 8.41. The number of pyridine rings is 1. The van der Waals surface area contributed by atoms with E-state index in [0.29, 0.717) is 5.56 Å². The van der Waals surface area contributed by atoms with Crippen LogP contribution in [0.25, 0.3) is 16.8 Å². The van der Waals surface area contributed by atoms with Crippen molar-refractivity contribution in [2.45, 2.75) is 6.92 Å². The van der Waals surface area contributed by atoms with Crippen LogP contribution in [0.4, 0.5) is 4.39 Å². The summed E-state index contributed by atoms with van der Waals surface area (Å²) in [6, 6.07) is 17.8. The lowest BCUT2D eigenvalue weighted by atomic mass is 10.0. The van der Waals surface area contributed by atoms with E-state index in [0.717, 1.165) is 15.9 Å². The molecule has 0 N–H and O–H groups in total. The molecule has 0 atom stereocenters. The van der Waals surface area contributed by atoms with Gasteiger partial charge in [0.1, 0.15) is 16.6 Å². The quantitative estimate of drug-likeness (QED) is 0.203. The van der Waals surface area contributed by atoms with Crippen LogP contribution < -0.4 is 4.74 Å². The second-order valence-electron chi connectivity index (χ2n) is 7.59. The number of carbonyl (C=O) groups excluding carboxylic acids is 1. The van der Waals surface area contributed by atoms with Crippen LogP contribution in [-0.4, -0.2) is 37.4 Å². The summed E-state index contributed by atoms with van der Waals surface area (Å²) < 4.78 is 21.8. The number of ketones is 1. The third-order valence-electron chi connectivity index (χ3n) is 5.09.